The van der Waals surface area contributed by atoms with Crippen LogP contribution in [-0.4, -0.2) is 126 Å². The average Bonchev–Trinajstić information content (AvgIpc) is 1.60. The topological polar surface area (TPSA) is 218 Å². The molecule has 2 aromatic rings. The number of benzene rings is 2. The lowest BCUT2D eigenvalue weighted by Gasteiger charge is -2.62. The zero-order valence-electron chi connectivity index (χ0n) is 57.3. The monoisotopic (exact) mass is 1350 g/mol. The van der Waals surface area contributed by atoms with Gasteiger partial charge in [0, 0.05) is 62.0 Å². The van der Waals surface area contributed by atoms with Crippen molar-refractivity contribution in [2.24, 2.45) is 11.8 Å². The van der Waals surface area contributed by atoms with Gasteiger partial charge in [-0.3, -0.25) is 38.6 Å². The van der Waals surface area contributed by atoms with Crippen LogP contribution in [0.4, 0.5) is 0 Å². The molecule has 12 rings (SSSR count). The zero-order chi connectivity index (χ0) is 67.6. The summed E-state index contributed by atoms with van der Waals surface area (Å²) in [5.74, 6) is 2.24. The lowest BCUT2D eigenvalue weighted by atomic mass is 9.49. The summed E-state index contributed by atoms with van der Waals surface area (Å²) in [6, 6.07) is 7.61. The summed E-state index contributed by atoms with van der Waals surface area (Å²) in [5.41, 5.74) is 0.816. The standard InChI is InChI=1S/C38H55NO5.C20H23NO4.C18H34O2.C2Cl2O2/c1-2-3-4-5-6-7-8-9-10-11-12-13-14-15-16-17-33(41)43-31-21-20-29-26-32-38(42)23-22-30(40)36-37(38,34(29)35(31)44-36)24-25-39(32)27-28-18-19-28;22-13-4-3-12-9-15-20(24)6-5-14(23)18-19(20,16(12)17(13)25-18)7-8-21(15)10-11-1-2-11;1-2-3-4-5-6-7-8-9-10-11-12-13-14-15-16-17-18(19)20;3-1(5)2(4)6/h9-10,20-21,28,32,36,42H,2-8,11-19,22-27H2,1H3;3-4,11,15,18,22,24H,1-2,5-10H2;9-10H,2-8,11-17H2,1H3,(H,19,20);/b10-9+;;10-9+;/t32?,36-,37-,38+;15?,18-,19-,20+;;/m00../s1. The molecule has 0 aromatic heterocycles. The van der Waals surface area contributed by atoms with Crippen molar-refractivity contribution in [3.05, 3.63) is 70.8 Å². The molecule has 2 aromatic carbocycles. The molecule has 0 amide bonds. The van der Waals surface area contributed by atoms with E-state index in [1.165, 1.54) is 154 Å². The SMILES string of the molecule is CCCCCCCC/C=C/CCCCCCCC(=O)O.CCCCCCCC/C=C/CCCCCCCC(=O)Oc1ccc2c3c1O[C@H]1C(=O)CC[C@@]4(O)C(C2)N(CC2CC2)CC[C@]314.O=C(Cl)C(=O)Cl.O=C1CC[C@@]2(O)C3Cc4ccc(O)c5c4[C@@]2(CCN3CC2CC2)[C@H]1O5. The van der Waals surface area contributed by atoms with E-state index in [0.717, 1.165) is 118 Å². The van der Waals surface area contributed by atoms with Gasteiger partial charge >= 0.3 is 22.4 Å². The van der Waals surface area contributed by atoms with Crippen molar-refractivity contribution in [2.75, 3.05) is 26.2 Å². The van der Waals surface area contributed by atoms with E-state index in [1.807, 2.05) is 12.1 Å². The number of likely N-dealkylation sites (tertiary alicyclic amines) is 2. The summed E-state index contributed by atoms with van der Waals surface area (Å²) >= 11 is 8.98. The average molecular weight is 1360 g/mol. The number of hydrogen-bond donors (Lipinski definition) is 4. The Kier molecular flexibility index (Phi) is 27.8. The van der Waals surface area contributed by atoms with Gasteiger partial charge in [0.25, 0.3) is 0 Å². The molecular weight excluding hydrogens is 1240 g/mol. The van der Waals surface area contributed by atoms with Crippen LogP contribution in [0, 0.1) is 11.8 Å². The van der Waals surface area contributed by atoms with Gasteiger partial charge in [0.05, 0.1) is 22.0 Å². The maximum Gasteiger partial charge on any atom is 0.311 e. The minimum atomic E-state index is -1.14. The highest BCUT2D eigenvalue weighted by molar-refractivity contribution is 6.97. The molecule has 17 heteroatoms. The van der Waals surface area contributed by atoms with E-state index >= 15 is 0 Å². The van der Waals surface area contributed by atoms with Crippen molar-refractivity contribution in [1.29, 1.82) is 0 Å². The van der Waals surface area contributed by atoms with Crippen LogP contribution in [0.3, 0.4) is 0 Å². The van der Waals surface area contributed by atoms with Gasteiger partial charge < -0.3 is 34.6 Å². The quantitative estimate of drug-likeness (QED) is 0.0125. The van der Waals surface area contributed by atoms with Crippen molar-refractivity contribution < 1.29 is 63.4 Å². The van der Waals surface area contributed by atoms with Crippen molar-refractivity contribution in [1.82, 2.24) is 9.80 Å². The number of aliphatic hydroxyl groups is 2. The van der Waals surface area contributed by atoms with Crippen molar-refractivity contribution in [3.8, 4) is 23.0 Å². The van der Waals surface area contributed by atoms with E-state index in [4.69, 9.17) is 19.3 Å². The number of rotatable bonds is 36. The largest absolute Gasteiger partial charge is 0.504 e. The van der Waals surface area contributed by atoms with E-state index in [1.54, 1.807) is 6.07 Å². The maximum absolute atomic E-state index is 13.3. The molecule has 4 saturated carbocycles. The number of phenols is 1. The Balaban J connectivity index is 0.000000175. The molecule has 4 aliphatic heterocycles. The normalized spacial score (nSPS) is 27.1. The number of allylic oxidation sites excluding steroid dienone is 4. The highest BCUT2D eigenvalue weighted by Crippen LogP contribution is 2.67. The second-order valence-corrected chi connectivity index (χ2v) is 30.2. The fraction of sp³-hybridized carbons (Fsp3) is 0.718. The summed E-state index contributed by atoms with van der Waals surface area (Å²) in [7, 11) is 0. The predicted octanol–water partition coefficient (Wildman–Crippen LogP) is 15.9. The van der Waals surface area contributed by atoms with E-state index in [0.29, 0.717) is 62.2 Å². The Morgan fingerprint density at radius 2 is 0.926 bits per heavy atom. The molecule has 6 aliphatic carbocycles. The first kappa shape index (κ1) is 74.6. The van der Waals surface area contributed by atoms with Crippen LogP contribution in [-0.2, 0) is 52.4 Å². The van der Waals surface area contributed by atoms with E-state index in [-0.39, 0.29) is 35.4 Å². The van der Waals surface area contributed by atoms with Crippen molar-refractivity contribution >= 4 is 57.2 Å². The summed E-state index contributed by atoms with van der Waals surface area (Å²) < 4.78 is 18.4. The summed E-state index contributed by atoms with van der Waals surface area (Å²) in [6.07, 6.45) is 50.7. The third-order valence-electron chi connectivity index (χ3n) is 22.8. The number of Topliss-reactive ketones (excluding diaryl/α,β-unsaturated/α-hetero) is 2. The Morgan fingerprint density at radius 1 is 0.537 bits per heavy atom. The fourth-order valence-electron chi connectivity index (χ4n) is 17.5. The molecule has 526 valence electrons. The van der Waals surface area contributed by atoms with Gasteiger partial charge in [-0.2, -0.15) is 0 Å². The number of piperidine rings is 2. The number of unbranched alkanes of at least 4 members (excludes halogenated alkanes) is 22. The third kappa shape index (κ3) is 17.9. The highest BCUT2D eigenvalue weighted by Gasteiger charge is 2.75. The maximum atomic E-state index is 13.3. The number of carbonyl (C=O) groups excluding carboxylic acids is 5. The van der Waals surface area contributed by atoms with Crippen LogP contribution in [0.25, 0.3) is 0 Å². The van der Waals surface area contributed by atoms with Gasteiger partial charge in [-0.25, -0.2) is 0 Å². The van der Waals surface area contributed by atoms with Crippen LogP contribution in [0.15, 0.2) is 48.6 Å². The molecule has 95 heavy (non-hydrogen) atoms. The zero-order valence-corrected chi connectivity index (χ0v) is 58.8. The lowest BCUT2D eigenvalue weighted by Crippen LogP contribution is -2.76. The molecule has 2 saturated heterocycles. The first-order chi connectivity index (χ1) is 45.9. The predicted molar refractivity (Wildman–Crippen MR) is 372 cm³/mol. The number of carboxylic acid groups (broad SMARTS) is 1. The minimum Gasteiger partial charge on any atom is -0.504 e. The van der Waals surface area contributed by atoms with Crippen LogP contribution < -0.4 is 14.2 Å². The molecule has 2 spiro atoms. The number of phenolic OH excluding ortho intramolecular Hbond substituents is 1. The van der Waals surface area contributed by atoms with Crippen molar-refractivity contribution in [2.45, 2.75) is 317 Å². The van der Waals surface area contributed by atoms with Gasteiger partial charge in [-0.15, -0.1) is 0 Å². The molecule has 0 radical (unpaired) electrons. The highest BCUT2D eigenvalue weighted by atomic mass is 35.5. The van der Waals surface area contributed by atoms with Gasteiger partial charge in [-0.05, 0) is 200 Å². The number of ether oxygens (including phenoxy) is 3. The van der Waals surface area contributed by atoms with Gasteiger partial charge in [0.2, 0.25) is 0 Å². The molecule has 4 N–H and O–H groups in total. The summed E-state index contributed by atoms with van der Waals surface area (Å²) in [5, 5.41) is 40.9. The summed E-state index contributed by atoms with van der Waals surface area (Å²) in [6.45, 7) is 8.38. The molecule has 10 aliphatic rings. The number of aliphatic carboxylic acids is 1. The van der Waals surface area contributed by atoms with E-state index in [2.05, 4.69) is 77.2 Å². The fourth-order valence-corrected chi connectivity index (χ4v) is 17.5. The van der Waals surface area contributed by atoms with Crippen molar-refractivity contribution in [3.63, 3.8) is 0 Å². The summed E-state index contributed by atoms with van der Waals surface area (Å²) in [4.78, 5) is 73.0. The Bertz CT molecular complexity index is 2980. The first-order valence-electron chi connectivity index (χ1n) is 37.4. The minimum absolute atomic E-state index is 0.00373. The molecule has 6 fully saturated rings. The number of carbonyl (C=O) groups is 6. The molecule has 4 heterocycles. The lowest BCUT2D eigenvalue weighted by molar-refractivity contribution is -0.188. The van der Waals surface area contributed by atoms with Crippen LogP contribution in [0.1, 0.15) is 280 Å². The molecule has 2 unspecified atom stereocenters. The number of halogens is 2. The smallest absolute Gasteiger partial charge is 0.311 e. The number of ketones is 2. The molecule has 4 bridgehead atoms. The van der Waals surface area contributed by atoms with Crippen LogP contribution in [0.2, 0.25) is 0 Å². The first-order valence-corrected chi connectivity index (χ1v) is 38.1. The van der Waals surface area contributed by atoms with Crippen LogP contribution in [0.5, 0.6) is 23.0 Å². The molecular formula is C78H112Cl2N2O13. The number of hydrogen-bond acceptors (Lipinski definition) is 14. The van der Waals surface area contributed by atoms with E-state index < -0.39 is 50.7 Å². The number of esters is 1. The third-order valence-corrected chi connectivity index (χ3v) is 23.2. The van der Waals surface area contributed by atoms with Crippen LogP contribution >= 0.6 is 23.2 Å². The second-order valence-electron chi connectivity index (χ2n) is 29.5. The Labute approximate surface area is 576 Å². The number of nitrogens with zero attached hydrogens (tertiary/aromatic N) is 2. The molecule has 15 nitrogen and oxygen atoms in total. The Morgan fingerprint density at radius 3 is 1.35 bits per heavy atom. The number of aromatic hydroxyl groups is 1. The van der Waals surface area contributed by atoms with E-state index in [9.17, 15) is 44.1 Å². The van der Waals surface area contributed by atoms with Gasteiger partial charge in [-0.1, -0.05) is 153 Å². The molecule has 8 atom stereocenters. The number of carboxylic acids is 1. The van der Waals surface area contributed by atoms with Gasteiger partial charge in [0.1, 0.15) is 0 Å². The van der Waals surface area contributed by atoms with Gasteiger partial charge in [0.15, 0.2) is 46.8 Å². The second kappa shape index (κ2) is 35.4. The Hall–Kier alpha value is -4.64.